The molecule has 1 N–H and O–H groups in total. The highest BCUT2D eigenvalue weighted by molar-refractivity contribution is 6.16. The summed E-state index contributed by atoms with van der Waals surface area (Å²) in [6, 6.07) is 17.2. The molecule has 0 aliphatic rings. The monoisotopic (exact) mass is 357 g/mol. The van der Waals surface area contributed by atoms with Crippen molar-refractivity contribution in [3.8, 4) is 5.75 Å². The van der Waals surface area contributed by atoms with Crippen LogP contribution in [0.4, 0.5) is 0 Å². The number of aromatic amines is 1. The molecule has 0 radical (unpaired) electrons. The van der Waals surface area contributed by atoms with Crippen molar-refractivity contribution in [1.82, 2.24) is 15.0 Å². The van der Waals surface area contributed by atoms with Crippen LogP contribution in [0.5, 0.6) is 5.75 Å². The molecule has 0 saturated heterocycles. The van der Waals surface area contributed by atoms with Crippen LogP contribution in [-0.4, -0.2) is 20.7 Å². The maximum absolute atomic E-state index is 13.1. The van der Waals surface area contributed by atoms with Gasteiger partial charge in [-0.3, -0.25) is 4.79 Å². The first-order valence-electron chi connectivity index (χ1n) is 8.88. The normalized spacial score (nSPS) is 10.9. The van der Waals surface area contributed by atoms with Crippen molar-refractivity contribution in [3.63, 3.8) is 0 Å². The quantitative estimate of drug-likeness (QED) is 0.522. The summed E-state index contributed by atoms with van der Waals surface area (Å²) in [5, 5.41) is 0. The molecule has 0 amide bonds. The summed E-state index contributed by atoms with van der Waals surface area (Å²) in [5.74, 6) is 0.679. The number of nitrogens with one attached hydrogen (secondary N) is 1. The molecule has 4 aromatic rings. The van der Waals surface area contributed by atoms with Crippen molar-refractivity contribution in [2.45, 2.75) is 20.0 Å². The number of aromatic nitrogens is 3. The second kappa shape index (κ2) is 7.41. The SMILES string of the molecule is CCc1[nH]c2cncnc2c1C(=O)c1ccc(OCc2ccccc2)cc1. The van der Waals surface area contributed by atoms with E-state index in [4.69, 9.17) is 4.74 Å². The zero-order chi connectivity index (χ0) is 18.6. The molecule has 4 rings (SSSR count). The van der Waals surface area contributed by atoms with Crippen LogP contribution in [0.25, 0.3) is 11.0 Å². The van der Waals surface area contributed by atoms with Crippen molar-refractivity contribution >= 4 is 16.8 Å². The Morgan fingerprint density at radius 2 is 1.85 bits per heavy atom. The molecule has 5 nitrogen and oxygen atoms in total. The standard InChI is InChI=1S/C22H19N3O2/c1-2-18-20(21-19(25-18)12-23-14-24-21)22(26)16-8-10-17(11-9-16)27-13-15-6-4-3-5-7-15/h3-12,14,25H,2,13H2,1H3. The Morgan fingerprint density at radius 3 is 2.59 bits per heavy atom. The molecule has 0 unspecified atom stereocenters. The van der Waals surface area contributed by atoms with Gasteiger partial charge in [0, 0.05) is 11.3 Å². The highest BCUT2D eigenvalue weighted by atomic mass is 16.5. The van der Waals surface area contributed by atoms with Gasteiger partial charge in [-0.2, -0.15) is 0 Å². The Kier molecular flexibility index (Phi) is 4.66. The minimum atomic E-state index is -0.0496. The Balaban J connectivity index is 1.56. The third-order valence-electron chi connectivity index (χ3n) is 4.48. The summed E-state index contributed by atoms with van der Waals surface area (Å²) in [7, 11) is 0. The first-order valence-corrected chi connectivity index (χ1v) is 8.88. The zero-order valence-electron chi connectivity index (χ0n) is 15.0. The van der Waals surface area contributed by atoms with E-state index in [1.165, 1.54) is 6.33 Å². The van der Waals surface area contributed by atoms with E-state index in [2.05, 4.69) is 15.0 Å². The van der Waals surface area contributed by atoms with Crippen molar-refractivity contribution in [2.75, 3.05) is 0 Å². The van der Waals surface area contributed by atoms with Gasteiger partial charge < -0.3 is 9.72 Å². The van der Waals surface area contributed by atoms with Gasteiger partial charge in [0.25, 0.3) is 0 Å². The predicted octanol–water partition coefficient (Wildman–Crippen LogP) is 4.33. The number of hydrogen-bond acceptors (Lipinski definition) is 4. The van der Waals surface area contributed by atoms with Crippen LogP contribution in [0, 0.1) is 0 Å². The van der Waals surface area contributed by atoms with Gasteiger partial charge in [-0.1, -0.05) is 37.3 Å². The molecule has 2 aromatic carbocycles. The van der Waals surface area contributed by atoms with Crippen LogP contribution < -0.4 is 4.74 Å². The number of carbonyl (C=O) groups excluding carboxylic acids is 1. The second-order valence-corrected chi connectivity index (χ2v) is 6.24. The zero-order valence-corrected chi connectivity index (χ0v) is 15.0. The van der Waals surface area contributed by atoms with Crippen LogP contribution >= 0.6 is 0 Å². The molecule has 0 atom stereocenters. The highest BCUT2D eigenvalue weighted by Gasteiger charge is 2.20. The molecule has 27 heavy (non-hydrogen) atoms. The van der Waals surface area contributed by atoms with Crippen LogP contribution in [-0.2, 0) is 13.0 Å². The number of carbonyl (C=O) groups is 1. The van der Waals surface area contributed by atoms with E-state index in [1.54, 1.807) is 18.3 Å². The Labute approximate surface area is 157 Å². The fourth-order valence-electron chi connectivity index (χ4n) is 3.09. The number of ether oxygens (including phenoxy) is 1. The Morgan fingerprint density at radius 1 is 1.07 bits per heavy atom. The average molecular weight is 357 g/mol. The number of ketones is 1. The minimum absolute atomic E-state index is 0.0496. The molecule has 0 bridgehead atoms. The Hall–Kier alpha value is -3.47. The van der Waals surface area contributed by atoms with E-state index in [1.807, 2.05) is 49.4 Å². The molecular formula is C22H19N3O2. The lowest BCUT2D eigenvalue weighted by atomic mass is 10.0. The van der Waals surface area contributed by atoms with Gasteiger partial charge in [0.15, 0.2) is 5.78 Å². The summed E-state index contributed by atoms with van der Waals surface area (Å²) in [5.41, 5.74) is 4.64. The van der Waals surface area contributed by atoms with Gasteiger partial charge in [0.1, 0.15) is 24.2 Å². The lowest BCUT2D eigenvalue weighted by Gasteiger charge is -2.07. The van der Waals surface area contributed by atoms with E-state index < -0.39 is 0 Å². The fourth-order valence-corrected chi connectivity index (χ4v) is 3.09. The number of aryl methyl sites for hydroxylation is 1. The topological polar surface area (TPSA) is 67.9 Å². The third kappa shape index (κ3) is 3.44. The largest absolute Gasteiger partial charge is 0.489 e. The number of benzene rings is 2. The van der Waals surface area contributed by atoms with Crippen LogP contribution in [0.2, 0.25) is 0 Å². The molecule has 0 aliphatic carbocycles. The predicted molar refractivity (Wildman–Crippen MR) is 104 cm³/mol. The molecule has 2 heterocycles. The highest BCUT2D eigenvalue weighted by Crippen LogP contribution is 2.24. The Bertz CT molecular complexity index is 1070. The molecule has 5 heteroatoms. The van der Waals surface area contributed by atoms with E-state index in [9.17, 15) is 4.79 Å². The van der Waals surface area contributed by atoms with E-state index in [-0.39, 0.29) is 5.78 Å². The minimum Gasteiger partial charge on any atom is -0.489 e. The lowest BCUT2D eigenvalue weighted by Crippen LogP contribution is -2.04. The summed E-state index contributed by atoms with van der Waals surface area (Å²) in [6.45, 7) is 2.50. The van der Waals surface area contributed by atoms with E-state index in [0.29, 0.717) is 23.3 Å². The maximum atomic E-state index is 13.1. The number of nitrogens with zero attached hydrogens (tertiary/aromatic N) is 2. The van der Waals surface area contributed by atoms with Crippen molar-refractivity contribution in [2.24, 2.45) is 0 Å². The third-order valence-corrected chi connectivity index (χ3v) is 4.48. The molecule has 0 spiro atoms. The van der Waals surface area contributed by atoms with Gasteiger partial charge in [0.05, 0.1) is 17.3 Å². The summed E-state index contributed by atoms with van der Waals surface area (Å²) in [6.07, 6.45) is 3.88. The maximum Gasteiger partial charge on any atom is 0.197 e. The number of hydrogen-bond donors (Lipinski definition) is 1. The van der Waals surface area contributed by atoms with Crippen molar-refractivity contribution in [1.29, 1.82) is 0 Å². The molecule has 134 valence electrons. The summed E-state index contributed by atoms with van der Waals surface area (Å²) < 4.78 is 5.79. The van der Waals surface area contributed by atoms with Gasteiger partial charge in [0.2, 0.25) is 0 Å². The number of fused-ring (bicyclic) bond motifs is 1. The van der Waals surface area contributed by atoms with Crippen LogP contribution in [0.1, 0.15) is 34.1 Å². The lowest BCUT2D eigenvalue weighted by molar-refractivity contribution is 0.103. The fraction of sp³-hybridized carbons (Fsp3) is 0.136. The average Bonchev–Trinajstić information content (AvgIpc) is 3.11. The summed E-state index contributed by atoms with van der Waals surface area (Å²) >= 11 is 0. The number of H-pyrrole nitrogens is 1. The molecule has 0 aliphatic heterocycles. The van der Waals surface area contributed by atoms with Gasteiger partial charge in [-0.15, -0.1) is 0 Å². The van der Waals surface area contributed by atoms with Gasteiger partial charge >= 0.3 is 0 Å². The van der Waals surface area contributed by atoms with Gasteiger partial charge in [-0.05, 0) is 36.2 Å². The summed E-state index contributed by atoms with van der Waals surface area (Å²) in [4.78, 5) is 24.6. The molecule has 2 aromatic heterocycles. The van der Waals surface area contributed by atoms with E-state index >= 15 is 0 Å². The smallest absolute Gasteiger partial charge is 0.197 e. The second-order valence-electron chi connectivity index (χ2n) is 6.24. The van der Waals surface area contributed by atoms with Crippen LogP contribution in [0.15, 0.2) is 67.1 Å². The molecule has 0 fully saturated rings. The molecular weight excluding hydrogens is 338 g/mol. The molecule has 0 saturated carbocycles. The van der Waals surface area contributed by atoms with Crippen molar-refractivity contribution < 1.29 is 9.53 Å². The first kappa shape index (κ1) is 17.0. The van der Waals surface area contributed by atoms with E-state index in [0.717, 1.165) is 28.9 Å². The first-order chi connectivity index (χ1) is 13.3. The van der Waals surface area contributed by atoms with Crippen molar-refractivity contribution in [3.05, 3.63) is 89.5 Å². The van der Waals surface area contributed by atoms with Gasteiger partial charge in [-0.25, -0.2) is 9.97 Å². The number of rotatable bonds is 6. The van der Waals surface area contributed by atoms with Crippen LogP contribution in [0.3, 0.4) is 0 Å².